The molecule has 0 spiro atoms. The molecule has 0 saturated carbocycles. The van der Waals surface area contributed by atoms with Gasteiger partial charge in [-0.15, -0.1) is 11.8 Å². The van der Waals surface area contributed by atoms with Gasteiger partial charge in [-0.05, 0) is 31.5 Å². The van der Waals surface area contributed by atoms with Gasteiger partial charge in [0.2, 0.25) is 0 Å². The highest BCUT2D eigenvalue weighted by molar-refractivity contribution is 8.00. The third-order valence-corrected chi connectivity index (χ3v) is 4.02. The lowest BCUT2D eigenvalue weighted by molar-refractivity contribution is -0.143. The SMILES string of the molecule is CCOC(=O)CCS[C@@H](C(=O)OCC)c1cccc(Cl)c1. The van der Waals surface area contributed by atoms with E-state index in [2.05, 4.69) is 0 Å². The first kappa shape index (κ1) is 17.9. The van der Waals surface area contributed by atoms with Gasteiger partial charge in [0.05, 0.1) is 19.6 Å². The fourth-order valence-corrected chi connectivity index (χ4v) is 2.94. The van der Waals surface area contributed by atoms with Gasteiger partial charge >= 0.3 is 11.9 Å². The number of benzene rings is 1. The highest BCUT2D eigenvalue weighted by Gasteiger charge is 2.23. The lowest BCUT2D eigenvalue weighted by atomic mass is 10.1. The molecule has 0 bridgehead atoms. The number of ether oxygens (including phenoxy) is 2. The van der Waals surface area contributed by atoms with Crippen molar-refractivity contribution in [1.82, 2.24) is 0 Å². The second-order valence-electron chi connectivity index (χ2n) is 4.11. The number of halogens is 1. The average molecular weight is 331 g/mol. The van der Waals surface area contributed by atoms with Crippen molar-refractivity contribution in [3.63, 3.8) is 0 Å². The average Bonchev–Trinajstić information content (AvgIpc) is 2.44. The summed E-state index contributed by atoms with van der Waals surface area (Å²) in [4.78, 5) is 23.4. The van der Waals surface area contributed by atoms with E-state index in [1.165, 1.54) is 11.8 Å². The van der Waals surface area contributed by atoms with Crippen LogP contribution in [0.1, 0.15) is 31.1 Å². The van der Waals surface area contributed by atoms with Gasteiger partial charge in [0, 0.05) is 10.8 Å². The molecule has 0 fully saturated rings. The first-order valence-electron chi connectivity index (χ1n) is 6.77. The number of hydrogen-bond acceptors (Lipinski definition) is 5. The lowest BCUT2D eigenvalue weighted by Crippen LogP contribution is -2.14. The quantitative estimate of drug-likeness (QED) is 0.681. The molecule has 0 aliphatic rings. The van der Waals surface area contributed by atoms with Crippen molar-refractivity contribution in [2.45, 2.75) is 25.5 Å². The van der Waals surface area contributed by atoms with Crippen molar-refractivity contribution in [3.8, 4) is 0 Å². The molecule has 0 aromatic heterocycles. The van der Waals surface area contributed by atoms with Crippen LogP contribution in [0.15, 0.2) is 24.3 Å². The largest absolute Gasteiger partial charge is 0.466 e. The van der Waals surface area contributed by atoms with Crippen LogP contribution in [-0.4, -0.2) is 30.9 Å². The summed E-state index contributed by atoms with van der Waals surface area (Å²) in [6.45, 7) is 4.20. The molecule has 1 aromatic carbocycles. The summed E-state index contributed by atoms with van der Waals surface area (Å²) < 4.78 is 9.95. The maximum absolute atomic E-state index is 12.1. The van der Waals surface area contributed by atoms with Gasteiger partial charge in [0.15, 0.2) is 0 Å². The Morgan fingerprint density at radius 1 is 1.24 bits per heavy atom. The highest BCUT2D eigenvalue weighted by Crippen LogP contribution is 2.32. The fraction of sp³-hybridized carbons (Fsp3) is 0.467. The van der Waals surface area contributed by atoms with Crippen molar-refractivity contribution in [3.05, 3.63) is 34.9 Å². The molecule has 116 valence electrons. The van der Waals surface area contributed by atoms with Crippen LogP contribution in [-0.2, 0) is 19.1 Å². The summed E-state index contributed by atoms with van der Waals surface area (Å²) in [6, 6.07) is 7.09. The molecule has 0 N–H and O–H groups in total. The summed E-state index contributed by atoms with van der Waals surface area (Å²) >= 11 is 7.31. The van der Waals surface area contributed by atoms with Crippen LogP contribution in [0.3, 0.4) is 0 Å². The molecule has 0 unspecified atom stereocenters. The van der Waals surface area contributed by atoms with Crippen LogP contribution in [0.25, 0.3) is 0 Å². The number of carbonyl (C=O) groups is 2. The van der Waals surface area contributed by atoms with Crippen molar-refractivity contribution < 1.29 is 19.1 Å². The Morgan fingerprint density at radius 2 is 1.95 bits per heavy atom. The third kappa shape index (κ3) is 6.40. The molecule has 1 atom stereocenters. The molecular weight excluding hydrogens is 312 g/mol. The van der Waals surface area contributed by atoms with E-state index in [1.54, 1.807) is 32.0 Å². The molecule has 1 aromatic rings. The van der Waals surface area contributed by atoms with E-state index in [0.717, 1.165) is 5.56 Å². The molecule has 4 nitrogen and oxygen atoms in total. The summed E-state index contributed by atoms with van der Waals surface area (Å²) in [6.07, 6.45) is 0.259. The van der Waals surface area contributed by atoms with Crippen LogP contribution in [0.5, 0.6) is 0 Å². The zero-order valence-corrected chi connectivity index (χ0v) is 13.7. The monoisotopic (exact) mass is 330 g/mol. The summed E-state index contributed by atoms with van der Waals surface area (Å²) in [7, 11) is 0. The minimum atomic E-state index is -0.488. The number of thioether (sulfide) groups is 1. The molecule has 1 rings (SSSR count). The summed E-state index contributed by atoms with van der Waals surface area (Å²) in [5.74, 6) is -0.109. The summed E-state index contributed by atoms with van der Waals surface area (Å²) in [5, 5.41) is 0.0749. The number of carbonyl (C=O) groups excluding carboxylic acids is 2. The van der Waals surface area contributed by atoms with Crippen molar-refractivity contribution in [2.75, 3.05) is 19.0 Å². The topological polar surface area (TPSA) is 52.6 Å². The highest BCUT2D eigenvalue weighted by atomic mass is 35.5. The van der Waals surface area contributed by atoms with E-state index in [1.807, 2.05) is 6.07 Å². The summed E-state index contributed by atoms with van der Waals surface area (Å²) in [5.41, 5.74) is 0.773. The zero-order chi connectivity index (χ0) is 15.7. The van der Waals surface area contributed by atoms with E-state index < -0.39 is 5.25 Å². The minimum absolute atomic E-state index is 0.259. The van der Waals surface area contributed by atoms with Crippen molar-refractivity contribution in [2.24, 2.45) is 0 Å². The smallest absolute Gasteiger partial charge is 0.323 e. The fourth-order valence-electron chi connectivity index (χ4n) is 1.68. The van der Waals surface area contributed by atoms with Gasteiger partial charge in [-0.2, -0.15) is 0 Å². The molecule has 0 amide bonds. The van der Waals surface area contributed by atoms with Crippen LogP contribution in [0.4, 0.5) is 0 Å². The molecule has 0 saturated heterocycles. The molecule has 0 aliphatic heterocycles. The molecule has 0 radical (unpaired) electrons. The Bertz CT molecular complexity index is 478. The predicted octanol–water partition coefficient (Wildman–Crippen LogP) is 3.63. The van der Waals surface area contributed by atoms with Gasteiger partial charge in [-0.1, -0.05) is 23.7 Å². The Hall–Kier alpha value is -1.20. The molecule has 6 heteroatoms. The van der Waals surface area contributed by atoms with E-state index in [9.17, 15) is 9.59 Å². The Morgan fingerprint density at radius 3 is 2.57 bits per heavy atom. The van der Waals surface area contributed by atoms with Crippen molar-refractivity contribution >= 4 is 35.3 Å². The van der Waals surface area contributed by atoms with Gasteiger partial charge in [-0.25, -0.2) is 0 Å². The molecule has 21 heavy (non-hydrogen) atoms. The lowest BCUT2D eigenvalue weighted by Gasteiger charge is -2.15. The van der Waals surface area contributed by atoms with E-state index >= 15 is 0 Å². The number of esters is 2. The van der Waals surface area contributed by atoms with Crippen LogP contribution < -0.4 is 0 Å². The maximum Gasteiger partial charge on any atom is 0.323 e. The number of rotatable bonds is 8. The molecule has 0 aliphatic carbocycles. The maximum atomic E-state index is 12.1. The second-order valence-corrected chi connectivity index (χ2v) is 5.76. The first-order valence-corrected chi connectivity index (χ1v) is 8.20. The van der Waals surface area contributed by atoms with Gasteiger partial charge in [0.25, 0.3) is 0 Å². The van der Waals surface area contributed by atoms with Gasteiger partial charge < -0.3 is 9.47 Å². The number of hydrogen-bond donors (Lipinski definition) is 0. The zero-order valence-electron chi connectivity index (χ0n) is 12.1. The van der Waals surface area contributed by atoms with Gasteiger partial charge in [0.1, 0.15) is 5.25 Å². The van der Waals surface area contributed by atoms with Gasteiger partial charge in [-0.3, -0.25) is 9.59 Å². The Balaban J connectivity index is 2.69. The van der Waals surface area contributed by atoms with E-state index in [-0.39, 0.29) is 18.4 Å². The third-order valence-electron chi connectivity index (χ3n) is 2.55. The van der Waals surface area contributed by atoms with E-state index in [4.69, 9.17) is 21.1 Å². The Kier molecular flexibility index (Phi) is 8.23. The second kappa shape index (κ2) is 9.68. The van der Waals surface area contributed by atoms with Crippen LogP contribution in [0, 0.1) is 0 Å². The van der Waals surface area contributed by atoms with Crippen molar-refractivity contribution in [1.29, 1.82) is 0 Å². The van der Waals surface area contributed by atoms with E-state index in [0.29, 0.717) is 24.0 Å². The standard InChI is InChI=1S/C15H19ClO4S/c1-3-19-13(17)8-9-21-14(15(18)20-4-2)11-6-5-7-12(16)10-11/h5-7,10,14H,3-4,8-9H2,1-2H3/t14-/m1/s1. The predicted molar refractivity (Wildman–Crippen MR) is 84.5 cm³/mol. The Labute approximate surface area is 134 Å². The first-order chi connectivity index (χ1) is 10.1. The molecule has 0 heterocycles. The normalized spacial score (nSPS) is 11.8. The molecular formula is C15H19ClO4S. The van der Waals surface area contributed by atoms with Crippen LogP contribution in [0.2, 0.25) is 5.02 Å². The van der Waals surface area contributed by atoms with Crippen LogP contribution >= 0.6 is 23.4 Å². The minimum Gasteiger partial charge on any atom is -0.466 e.